The van der Waals surface area contributed by atoms with Crippen LogP contribution in [0.4, 0.5) is 5.69 Å². The maximum Gasteiger partial charge on any atom is 0.339 e. The minimum absolute atomic E-state index is 0.0207. The van der Waals surface area contributed by atoms with Crippen molar-refractivity contribution in [1.29, 1.82) is 0 Å². The quantitative estimate of drug-likeness (QED) is 0.396. The third kappa shape index (κ3) is 4.60. The molecule has 0 saturated carbocycles. The molecule has 33 heavy (non-hydrogen) atoms. The number of ether oxygens (including phenoxy) is 2. The van der Waals surface area contributed by atoms with Gasteiger partial charge in [-0.1, -0.05) is 59.6 Å². The van der Waals surface area contributed by atoms with E-state index in [9.17, 15) is 19.2 Å². The molecule has 1 aliphatic heterocycles. The van der Waals surface area contributed by atoms with Crippen molar-refractivity contribution in [2.75, 3.05) is 4.90 Å². The van der Waals surface area contributed by atoms with Gasteiger partial charge in [0.2, 0.25) is 12.2 Å². The fourth-order valence-corrected chi connectivity index (χ4v) is 3.75. The van der Waals surface area contributed by atoms with E-state index in [1.165, 1.54) is 42.5 Å². The highest BCUT2D eigenvalue weighted by Crippen LogP contribution is 2.34. The molecule has 1 aliphatic rings. The Labute approximate surface area is 198 Å². The number of esters is 2. The van der Waals surface area contributed by atoms with E-state index < -0.39 is 36.0 Å². The molecule has 1 fully saturated rings. The van der Waals surface area contributed by atoms with Gasteiger partial charge in [-0.3, -0.25) is 9.59 Å². The van der Waals surface area contributed by atoms with Crippen molar-refractivity contribution in [3.05, 3.63) is 100 Å². The minimum atomic E-state index is -1.70. The van der Waals surface area contributed by atoms with E-state index in [2.05, 4.69) is 0 Å². The Hall–Kier alpha value is -3.68. The van der Waals surface area contributed by atoms with Gasteiger partial charge >= 0.3 is 11.9 Å². The summed E-state index contributed by atoms with van der Waals surface area (Å²) in [4.78, 5) is 52.4. The van der Waals surface area contributed by atoms with Gasteiger partial charge in [0.05, 0.1) is 21.8 Å². The van der Waals surface area contributed by atoms with E-state index in [-0.39, 0.29) is 21.8 Å². The van der Waals surface area contributed by atoms with Crippen LogP contribution in [0.1, 0.15) is 20.7 Å². The Morgan fingerprint density at radius 2 is 1.15 bits per heavy atom. The fourth-order valence-electron chi connectivity index (χ4n) is 3.26. The summed E-state index contributed by atoms with van der Waals surface area (Å²) in [5.41, 5.74) is 0.345. The molecule has 0 unspecified atom stereocenters. The molecule has 2 amide bonds. The molecule has 3 aromatic carbocycles. The van der Waals surface area contributed by atoms with E-state index in [0.717, 1.165) is 4.90 Å². The second-order valence-electron chi connectivity index (χ2n) is 6.99. The maximum absolute atomic E-state index is 13.2. The monoisotopic (exact) mass is 483 g/mol. The molecular weight excluding hydrogens is 469 g/mol. The molecule has 0 aromatic heterocycles. The number of hydrogen-bond donors (Lipinski definition) is 0. The summed E-state index contributed by atoms with van der Waals surface area (Å²) in [6, 6.07) is 20.0. The maximum atomic E-state index is 13.2. The molecule has 0 spiro atoms. The third-order valence-corrected chi connectivity index (χ3v) is 5.38. The van der Waals surface area contributed by atoms with Gasteiger partial charge in [0, 0.05) is 5.02 Å². The molecule has 4 rings (SSSR count). The number of benzene rings is 3. The zero-order valence-electron chi connectivity index (χ0n) is 16.8. The van der Waals surface area contributed by atoms with Gasteiger partial charge in [0.15, 0.2) is 0 Å². The van der Waals surface area contributed by atoms with Crippen LogP contribution in [0.2, 0.25) is 10.0 Å². The van der Waals surface area contributed by atoms with Crippen LogP contribution in [-0.4, -0.2) is 36.0 Å². The summed E-state index contributed by atoms with van der Waals surface area (Å²) < 4.78 is 10.7. The molecule has 0 N–H and O–H groups in total. The number of halogens is 2. The van der Waals surface area contributed by atoms with Crippen LogP contribution in [0.3, 0.4) is 0 Å². The number of nitrogens with zero attached hydrogens (tertiary/aromatic N) is 1. The number of carbonyl (C=O) groups is 4. The Morgan fingerprint density at radius 1 is 0.697 bits per heavy atom. The number of rotatable bonds is 5. The SMILES string of the molecule is O=C(O[C@@H]1C(=O)N(c2ccc(Cl)cc2Cl)C(=O)[C@@H]1OC(=O)c1ccccc1)c1ccccc1. The first-order chi connectivity index (χ1) is 15.9. The normalized spacial score (nSPS) is 17.7. The van der Waals surface area contributed by atoms with Crippen molar-refractivity contribution >= 4 is 52.6 Å². The first-order valence-electron chi connectivity index (χ1n) is 9.72. The van der Waals surface area contributed by atoms with Crippen molar-refractivity contribution in [2.24, 2.45) is 0 Å². The van der Waals surface area contributed by atoms with Crippen LogP contribution in [0.15, 0.2) is 78.9 Å². The molecule has 166 valence electrons. The van der Waals surface area contributed by atoms with Crippen LogP contribution in [0.25, 0.3) is 0 Å². The molecule has 0 bridgehead atoms. The van der Waals surface area contributed by atoms with Gasteiger partial charge in [-0.2, -0.15) is 0 Å². The molecular formula is C24H15Cl2NO6. The zero-order chi connectivity index (χ0) is 23.5. The summed E-state index contributed by atoms with van der Waals surface area (Å²) in [5, 5.41) is 0.314. The zero-order valence-corrected chi connectivity index (χ0v) is 18.3. The fraction of sp³-hybridized carbons (Fsp3) is 0.0833. The standard InChI is InChI=1S/C24H15Cl2NO6/c25-16-11-12-18(17(26)13-16)27-21(28)19(32-23(30)14-7-3-1-4-8-14)20(22(27)29)33-24(31)15-9-5-2-6-10-15/h1-13,19-20H/t19-,20+. The summed E-state index contributed by atoms with van der Waals surface area (Å²) in [6.07, 6.45) is -3.41. The Kier molecular flexibility index (Phi) is 6.44. The Bertz CT molecular complexity index is 1160. The Morgan fingerprint density at radius 3 is 1.58 bits per heavy atom. The first-order valence-corrected chi connectivity index (χ1v) is 10.5. The van der Waals surface area contributed by atoms with Gasteiger partial charge < -0.3 is 9.47 Å². The second kappa shape index (κ2) is 9.44. The van der Waals surface area contributed by atoms with E-state index in [0.29, 0.717) is 5.02 Å². The predicted molar refractivity (Wildman–Crippen MR) is 120 cm³/mol. The average molecular weight is 484 g/mol. The minimum Gasteiger partial charge on any atom is -0.444 e. The summed E-state index contributed by atoms with van der Waals surface area (Å²) in [7, 11) is 0. The summed E-state index contributed by atoms with van der Waals surface area (Å²) in [5.74, 6) is -3.52. The van der Waals surface area contributed by atoms with Crippen LogP contribution in [-0.2, 0) is 19.1 Å². The van der Waals surface area contributed by atoms with Gasteiger partial charge in [0.1, 0.15) is 0 Å². The first kappa shape index (κ1) is 22.5. The van der Waals surface area contributed by atoms with Crippen molar-refractivity contribution in [2.45, 2.75) is 12.2 Å². The molecule has 9 heteroatoms. The lowest BCUT2D eigenvalue weighted by Crippen LogP contribution is -2.37. The van der Waals surface area contributed by atoms with Gasteiger partial charge in [-0.15, -0.1) is 0 Å². The molecule has 1 saturated heterocycles. The number of imide groups is 1. The highest BCUT2D eigenvalue weighted by Gasteiger charge is 2.54. The third-order valence-electron chi connectivity index (χ3n) is 4.84. The Balaban J connectivity index is 1.68. The number of carbonyl (C=O) groups excluding carboxylic acids is 4. The lowest BCUT2D eigenvalue weighted by atomic mass is 10.2. The molecule has 0 aliphatic carbocycles. The highest BCUT2D eigenvalue weighted by atomic mass is 35.5. The molecule has 7 nitrogen and oxygen atoms in total. The van der Waals surface area contributed by atoms with Crippen LogP contribution < -0.4 is 4.90 Å². The molecule has 1 heterocycles. The van der Waals surface area contributed by atoms with E-state index in [1.807, 2.05) is 0 Å². The van der Waals surface area contributed by atoms with Crippen molar-refractivity contribution in [3.63, 3.8) is 0 Å². The second-order valence-corrected chi connectivity index (χ2v) is 7.84. The molecule has 0 radical (unpaired) electrons. The van der Waals surface area contributed by atoms with Crippen LogP contribution in [0, 0.1) is 0 Å². The van der Waals surface area contributed by atoms with E-state index >= 15 is 0 Å². The van der Waals surface area contributed by atoms with Gasteiger partial charge in [-0.05, 0) is 42.5 Å². The summed E-state index contributed by atoms with van der Waals surface area (Å²) >= 11 is 12.1. The van der Waals surface area contributed by atoms with Crippen molar-refractivity contribution in [1.82, 2.24) is 0 Å². The number of anilines is 1. The molecule has 3 aromatic rings. The number of amides is 2. The number of hydrogen-bond acceptors (Lipinski definition) is 6. The van der Waals surface area contributed by atoms with Gasteiger partial charge in [0.25, 0.3) is 11.8 Å². The van der Waals surface area contributed by atoms with E-state index in [4.69, 9.17) is 32.7 Å². The van der Waals surface area contributed by atoms with Crippen molar-refractivity contribution in [3.8, 4) is 0 Å². The van der Waals surface area contributed by atoms with Crippen molar-refractivity contribution < 1.29 is 28.7 Å². The van der Waals surface area contributed by atoms with Crippen LogP contribution >= 0.6 is 23.2 Å². The van der Waals surface area contributed by atoms with Gasteiger partial charge in [-0.25, -0.2) is 14.5 Å². The summed E-state index contributed by atoms with van der Waals surface area (Å²) in [6.45, 7) is 0. The van der Waals surface area contributed by atoms with Crippen LogP contribution in [0.5, 0.6) is 0 Å². The average Bonchev–Trinajstić information content (AvgIpc) is 3.04. The predicted octanol–water partition coefficient (Wildman–Crippen LogP) is 4.32. The topological polar surface area (TPSA) is 90.0 Å². The highest BCUT2D eigenvalue weighted by molar-refractivity contribution is 6.38. The largest absolute Gasteiger partial charge is 0.444 e. The lowest BCUT2D eigenvalue weighted by molar-refractivity contribution is -0.130. The molecule has 2 atom stereocenters. The smallest absolute Gasteiger partial charge is 0.339 e. The lowest BCUT2D eigenvalue weighted by Gasteiger charge is -2.16. The van der Waals surface area contributed by atoms with E-state index in [1.54, 1.807) is 36.4 Å².